The van der Waals surface area contributed by atoms with Crippen molar-refractivity contribution in [3.8, 4) is 0 Å². The van der Waals surface area contributed by atoms with Crippen LogP contribution in [0.25, 0.3) is 0 Å². The smallest absolute Gasteiger partial charge is 0.237 e. The fourth-order valence-corrected chi connectivity index (χ4v) is 2.81. The van der Waals surface area contributed by atoms with E-state index in [2.05, 4.69) is 5.32 Å². The van der Waals surface area contributed by atoms with Gasteiger partial charge in [-0.05, 0) is 23.8 Å². The molecular formula is C15H15FN2O2S. The van der Waals surface area contributed by atoms with Crippen LogP contribution in [0.3, 0.4) is 0 Å². The average Bonchev–Trinajstić information content (AvgIpc) is 2.43. The van der Waals surface area contributed by atoms with E-state index in [-0.39, 0.29) is 17.2 Å². The lowest BCUT2D eigenvalue weighted by Gasteiger charge is -2.07. The summed E-state index contributed by atoms with van der Waals surface area (Å²) in [5.41, 5.74) is 6.76. The molecule has 2 aromatic carbocycles. The molecule has 4 nitrogen and oxygen atoms in total. The minimum Gasteiger partial charge on any atom is -0.399 e. The summed E-state index contributed by atoms with van der Waals surface area (Å²) >= 11 is 0. The first-order chi connectivity index (χ1) is 10.0. The quantitative estimate of drug-likeness (QED) is 0.833. The van der Waals surface area contributed by atoms with Gasteiger partial charge >= 0.3 is 0 Å². The zero-order valence-corrected chi connectivity index (χ0v) is 12.0. The molecule has 0 saturated heterocycles. The van der Waals surface area contributed by atoms with E-state index in [1.165, 1.54) is 18.2 Å². The maximum Gasteiger partial charge on any atom is 0.237 e. The lowest BCUT2D eigenvalue weighted by Crippen LogP contribution is -2.21. The van der Waals surface area contributed by atoms with Gasteiger partial charge in [0, 0.05) is 22.2 Å². The molecule has 0 heterocycles. The zero-order chi connectivity index (χ0) is 15.2. The number of carbonyl (C=O) groups is 1. The highest BCUT2D eigenvalue weighted by molar-refractivity contribution is 7.84. The molecule has 1 atom stereocenters. The van der Waals surface area contributed by atoms with E-state index in [4.69, 9.17) is 5.73 Å². The van der Waals surface area contributed by atoms with Gasteiger partial charge in [-0.3, -0.25) is 9.00 Å². The first kappa shape index (κ1) is 15.2. The molecule has 0 aliphatic rings. The van der Waals surface area contributed by atoms with Crippen LogP contribution in [0.1, 0.15) is 5.56 Å². The molecule has 0 saturated carbocycles. The third kappa shape index (κ3) is 4.68. The number of anilines is 2. The maximum atomic E-state index is 13.5. The highest BCUT2D eigenvalue weighted by atomic mass is 32.2. The molecule has 6 heteroatoms. The van der Waals surface area contributed by atoms with Gasteiger partial charge in [-0.25, -0.2) is 4.39 Å². The number of benzene rings is 2. The van der Waals surface area contributed by atoms with Crippen molar-refractivity contribution in [2.45, 2.75) is 5.75 Å². The summed E-state index contributed by atoms with van der Waals surface area (Å²) in [5.74, 6) is -0.989. The van der Waals surface area contributed by atoms with Crippen LogP contribution in [0.15, 0.2) is 48.5 Å². The van der Waals surface area contributed by atoms with E-state index in [0.717, 1.165) is 5.56 Å². The summed E-state index contributed by atoms with van der Waals surface area (Å²) in [6, 6.07) is 13.1. The molecule has 3 N–H and O–H groups in total. The molecule has 0 aromatic heterocycles. The highest BCUT2D eigenvalue weighted by Crippen LogP contribution is 2.17. The minimum atomic E-state index is -1.35. The highest BCUT2D eigenvalue weighted by Gasteiger charge is 2.11. The van der Waals surface area contributed by atoms with E-state index in [1.54, 1.807) is 0 Å². The molecule has 0 fully saturated rings. The lowest BCUT2D eigenvalue weighted by molar-refractivity contribution is -0.113. The molecule has 110 valence electrons. The van der Waals surface area contributed by atoms with Crippen LogP contribution in [0.2, 0.25) is 0 Å². The van der Waals surface area contributed by atoms with Crippen LogP contribution >= 0.6 is 0 Å². The van der Waals surface area contributed by atoms with Crippen molar-refractivity contribution in [3.63, 3.8) is 0 Å². The number of nitrogen functional groups attached to an aromatic ring is 1. The first-order valence-electron chi connectivity index (χ1n) is 6.28. The lowest BCUT2D eigenvalue weighted by atomic mass is 10.2. The number of hydrogen-bond donors (Lipinski definition) is 2. The van der Waals surface area contributed by atoms with Crippen LogP contribution in [0.4, 0.5) is 15.8 Å². The summed E-state index contributed by atoms with van der Waals surface area (Å²) in [6.45, 7) is 0. The molecule has 1 amide bonds. The molecule has 0 aliphatic carbocycles. The Morgan fingerprint density at radius 2 is 1.90 bits per heavy atom. The van der Waals surface area contributed by atoms with Gasteiger partial charge in [0.05, 0.1) is 5.69 Å². The summed E-state index contributed by atoms with van der Waals surface area (Å²) in [7, 11) is -1.35. The zero-order valence-electron chi connectivity index (χ0n) is 11.2. The Balaban J connectivity index is 1.92. The summed E-state index contributed by atoms with van der Waals surface area (Å²) in [4.78, 5) is 11.8. The normalized spacial score (nSPS) is 11.9. The van der Waals surface area contributed by atoms with Crippen LogP contribution in [-0.2, 0) is 21.3 Å². The maximum absolute atomic E-state index is 13.5. The van der Waals surface area contributed by atoms with Gasteiger partial charge in [-0.1, -0.05) is 30.3 Å². The summed E-state index contributed by atoms with van der Waals surface area (Å²) in [6.07, 6.45) is 0. The minimum absolute atomic E-state index is 0.00305. The third-order valence-corrected chi connectivity index (χ3v) is 3.97. The predicted octanol–water partition coefficient (Wildman–Crippen LogP) is 2.30. The number of nitrogens with one attached hydrogen (secondary N) is 1. The van der Waals surface area contributed by atoms with Crippen molar-refractivity contribution in [2.24, 2.45) is 0 Å². The van der Waals surface area contributed by atoms with Crippen LogP contribution in [-0.4, -0.2) is 15.9 Å². The second kappa shape index (κ2) is 6.99. The fourth-order valence-electron chi connectivity index (χ4n) is 1.78. The number of carbonyl (C=O) groups excluding carboxylic acids is 1. The number of rotatable bonds is 5. The Labute approximate surface area is 124 Å². The van der Waals surface area contributed by atoms with Gasteiger partial charge < -0.3 is 11.1 Å². The molecule has 21 heavy (non-hydrogen) atoms. The number of hydrogen-bond acceptors (Lipinski definition) is 3. The summed E-state index contributed by atoms with van der Waals surface area (Å²) < 4.78 is 25.4. The number of halogens is 1. The van der Waals surface area contributed by atoms with Gasteiger partial charge in [0.25, 0.3) is 0 Å². The molecular weight excluding hydrogens is 291 g/mol. The summed E-state index contributed by atoms with van der Waals surface area (Å²) in [5, 5.41) is 2.38. The van der Waals surface area contributed by atoms with Gasteiger partial charge in [0.2, 0.25) is 5.91 Å². The van der Waals surface area contributed by atoms with Gasteiger partial charge in [0.15, 0.2) is 0 Å². The molecule has 0 aliphatic heterocycles. The topological polar surface area (TPSA) is 72.2 Å². The molecule has 2 rings (SSSR count). The molecule has 0 bridgehead atoms. The second-order valence-electron chi connectivity index (χ2n) is 4.50. The Kier molecular flexibility index (Phi) is 5.05. The Bertz CT molecular complexity index is 662. The predicted molar refractivity (Wildman–Crippen MR) is 82.6 cm³/mol. The van der Waals surface area contributed by atoms with Gasteiger partial charge in [-0.2, -0.15) is 0 Å². The van der Waals surface area contributed by atoms with E-state index in [1.807, 2.05) is 30.3 Å². The van der Waals surface area contributed by atoms with Crippen molar-refractivity contribution in [1.29, 1.82) is 0 Å². The van der Waals surface area contributed by atoms with E-state index >= 15 is 0 Å². The number of nitrogens with two attached hydrogens (primary N) is 1. The van der Waals surface area contributed by atoms with E-state index in [9.17, 15) is 13.4 Å². The van der Waals surface area contributed by atoms with Gasteiger partial charge in [0.1, 0.15) is 11.6 Å². The molecule has 0 radical (unpaired) electrons. The van der Waals surface area contributed by atoms with Crippen LogP contribution < -0.4 is 11.1 Å². The monoisotopic (exact) mass is 306 g/mol. The Morgan fingerprint density at radius 1 is 1.19 bits per heavy atom. The third-order valence-electron chi connectivity index (χ3n) is 2.73. The van der Waals surface area contributed by atoms with Crippen molar-refractivity contribution in [3.05, 3.63) is 59.9 Å². The van der Waals surface area contributed by atoms with Crippen molar-refractivity contribution < 1.29 is 13.4 Å². The van der Waals surface area contributed by atoms with Crippen molar-refractivity contribution >= 4 is 28.1 Å². The Hall–Kier alpha value is -2.21. The average molecular weight is 306 g/mol. The Morgan fingerprint density at radius 3 is 2.62 bits per heavy atom. The van der Waals surface area contributed by atoms with E-state index < -0.39 is 22.5 Å². The standard InChI is InChI=1S/C15H15FN2O2S/c16-13-7-6-12(17)8-14(13)18-15(19)10-21(20)9-11-4-2-1-3-5-11/h1-8H,9-10,17H2,(H,18,19). The molecule has 2 aromatic rings. The molecule has 0 spiro atoms. The van der Waals surface area contributed by atoms with Gasteiger partial charge in [-0.15, -0.1) is 0 Å². The largest absolute Gasteiger partial charge is 0.399 e. The van der Waals surface area contributed by atoms with Crippen LogP contribution in [0.5, 0.6) is 0 Å². The van der Waals surface area contributed by atoms with E-state index in [0.29, 0.717) is 5.69 Å². The molecule has 1 unspecified atom stereocenters. The first-order valence-corrected chi connectivity index (χ1v) is 7.77. The van der Waals surface area contributed by atoms with Crippen LogP contribution in [0, 0.1) is 5.82 Å². The fraction of sp³-hybridized carbons (Fsp3) is 0.133. The van der Waals surface area contributed by atoms with Crippen molar-refractivity contribution in [2.75, 3.05) is 16.8 Å². The number of amides is 1. The van der Waals surface area contributed by atoms with Crippen molar-refractivity contribution in [1.82, 2.24) is 0 Å². The second-order valence-corrected chi connectivity index (χ2v) is 5.96. The SMILES string of the molecule is Nc1ccc(F)c(NC(=O)CS(=O)Cc2ccccc2)c1.